The molecular weight excluding hydrogens is 228 g/mol. The number of alkyl halides is 2. The predicted molar refractivity (Wildman–Crippen MR) is 59.1 cm³/mol. The minimum absolute atomic E-state index is 0.0212. The molecule has 1 aliphatic heterocycles. The van der Waals surface area contributed by atoms with E-state index in [1.54, 1.807) is 11.8 Å². The molecule has 98 valence electrons. The van der Waals surface area contributed by atoms with Gasteiger partial charge in [-0.3, -0.25) is 9.69 Å². The third-order valence-corrected chi connectivity index (χ3v) is 4.21. The molecule has 1 saturated heterocycles. The summed E-state index contributed by atoms with van der Waals surface area (Å²) in [6.07, 6.45) is 1.81. The van der Waals surface area contributed by atoms with Gasteiger partial charge in [-0.1, -0.05) is 6.92 Å². The Kier molecular flexibility index (Phi) is 3.39. The van der Waals surface area contributed by atoms with Crippen LogP contribution in [0.3, 0.4) is 0 Å². The average Bonchev–Trinajstić information content (AvgIpc) is 2.63. The van der Waals surface area contributed by atoms with Crippen LogP contribution in [-0.4, -0.2) is 41.0 Å². The quantitative estimate of drug-likeness (QED) is 0.831. The molecule has 1 aliphatic carbocycles. The van der Waals surface area contributed by atoms with Crippen LogP contribution in [0, 0.1) is 11.8 Å². The molecule has 0 aromatic rings. The van der Waals surface area contributed by atoms with E-state index in [4.69, 9.17) is 5.11 Å². The Morgan fingerprint density at radius 3 is 2.76 bits per heavy atom. The van der Waals surface area contributed by atoms with Gasteiger partial charge in [-0.15, -0.1) is 0 Å². The molecule has 0 amide bonds. The Morgan fingerprint density at radius 1 is 1.53 bits per heavy atom. The Labute approximate surface area is 99.8 Å². The lowest BCUT2D eigenvalue weighted by atomic mass is 9.79. The number of halogens is 2. The van der Waals surface area contributed by atoms with Crippen molar-refractivity contribution in [3.63, 3.8) is 0 Å². The second kappa shape index (κ2) is 4.52. The first-order valence-corrected chi connectivity index (χ1v) is 6.30. The maximum absolute atomic E-state index is 13.7. The summed E-state index contributed by atoms with van der Waals surface area (Å²) in [5.74, 6) is -4.15. The van der Waals surface area contributed by atoms with Crippen molar-refractivity contribution in [3.8, 4) is 0 Å². The fraction of sp³-hybridized carbons (Fsp3) is 0.917. The summed E-state index contributed by atoms with van der Waals surface area (Å²) in [5, 5.41) is 9.07. The number of aliphatic carboxylic acids is 1. The highest BCUT2D eigenvalue weighted by Crippen LogP contribution is 2.46. The van der Waals surface area contributed by atoms with Crippen LogP contribution in [0.5, 0.6) is 0 Å². The maximum atomic E-state index is 13.7. The van der Waals surface area contributed by atoms with E-state index in [0.29, 0.717) is 19.4 Å². The SMILES string of the molecule is CC[C@H](C(=O)O)N1C[C@H]2CCCC(F)(F)[C@H]2C1. The van der Waals surface area contributed by atoms with Crippen molar-refractivity contribution < 1.29 is 18.7 Å². The Hall–Kier alpha value is -0.710. The number of nitrogens with zero attached hydrogens (tertiary/aromatic N) is 1. The van der Waals surface area contributed by atoms with Crippen molar-refractivity contribution in [3.05, 3.63) is 0 Å². The van der Waals surface area contributed by atoms with E-state index < -0.39 is 23.9 Å². The van der Waals surface area contributed by atoms with Crippen LogP contribution < -0.4 is 0 Å². The average molecular weight is 247 g/mol. The zero-order chi connectivity index (χ0) is 12.6. The normalized spacial score (nSPS) is 34.3. The van der Waals surface area contributed by atoms with Crippen molar-refractivity contribution in [1.82, 2.24) is 4.90 Å². The zero-order valence-corrected chi connectivity index (χ0v) is 10.0. The van der Waals surface area contributed by atoms with Gasteiger partial charge < -0.3 is 5.11 Å². The van der Waals surface area contributed by atoms with Gasteiger partial charge in [-0.25, -0.2) is 8.78 Å². The smallest absolute Gasteiger partial charge is 0.320 e. The molecule has 0 aromatic heterocycles. The summed E-state index contributed by atoms with van der Waals surface area (Å²) in [4.78, 5) is 12.8. The summed E-state index contributed by atoms with van der Waals surface area (Å²) in [5.41, 5.74) is 0. The number of carboxylic acid groups (broad SMARTS) is 1. The molecule has 1 saturated carbocycles. The summed E-state index contributed by atoms with van der Waals surface area (Å²) in [6.45, 7) is 2.55. The molecule has 0 aromatic carbocycles. The van der Waals surface area contributed by atoms with Crippen LogP contribution >= 0.6 is 0 Å². The summed E-state index contributed by atoms with van der Waals surface area (Å²) in [6, 6.07) is -0.601. The Bertz CT molecular complexity index is 309. The molecule has 17 heavy (non-hydrogen) atoms. The fourth-order valence-corrected chi connectivity index (χ4v) is 3.30. The maximum Gasteiger partial charge on any atom is 0.320 e. The molecule has 3 atom stereocenters. The van der Waals surface area contributed by atoms with Gasteiger partial charge in [0.05, 0.1) is 0 Å². The molecule has 0 bridgehead atoms. The first-order chi connectivity index (χ1) is 7.95. The van der Waals surface area contributed by atoms with Gasteiger partial charge in [-0.05, 0) is 25.2 Å². The summed E-state index contributed by atoms with van der Waals surface area (Å²) in [7, 11) is 0. The molecule has 1 N–H and O–H groups in total. The van der Waals surface area contributed by atoms with Gasteiger partial charge >= 0.3 is 5.97 Å². The van der Waals surface area contributed by atoms with Gasteiger partial charge in [-0.2, -0.15) is 0 Å². The van der Waals surface area contributed by atoms with Gasteiger partial charge in [0, 0.05) is 25.4 Å². The van der Waals surface area contributed by atoms with Crippen LogP contribution in [-0.2, 0) is 4.79 Å². The lowest BCUT2D eigenvalue weighted by Crippen LogP contribution is -2.41. The highest BCUT2D eigenvalue weighted by molar-refractivity contribution is 5.73. The van der Waals surface area contributed by atoms with Crippen molar-refractivity contribution >= 4 is 5.97 Å². The molecule has 3 nitrogen and oxygen atoms in total. The van der Waals surface area contributed by atoms with Crippen LogP contribution in [0.25, 0.3) is 0 Å². The molecule has 1 heterocycles. The lowest BCUT2D eigenvalue weighted by Gasteiger charge is -2.32. The predicted octanol–water partition coefficient (Wildman–Crippen LogP) is 2.22. The zero-order valence-electron chi connectivity index (χ0n) is 10.0. The van der Waals surface area contributed by atoms with E-state index in [1.165, 1.54) is 0 Å². The minimum atomic E-state index is -2.60. The molecular formula is C12H19F2NO2. The van der Waals surface area contributed by atoms with Crippen molar-refractivity contribution in [2.24, 2.45) is 11.8 Å². The van der Waals surface area contributed by atoms with Crippen LogP contribution in [0.15, 0.2) is 0 Å². The molecule has 0 radical (unpaired) electrons. The first kappa shape index (κ1) is 12.7. The van der Waals surface area contributed by atoms with E-state index in [0.717, 1.165) is 6.42 Å². The van der Waals surface area contributed by atoms with Crippen molar-refractivity contribution in [2.75, 3.05) is 13.1 Å². The minimum Gasteiger partial charge on any atom is -0.480 e. The molecule has 2 rings (SSSR count). The van der Waals surface area contributed by atoms with Gasteiger partial charge in [0.2, 0.25) is 0 Å². The molecule has 2 aliphatic rings. The van der Waals surface area contributed by atoms with Crippen molar-refractivity contribution in [1.29, 1.82) is 0 Å². The van der Waals surface area contributed by atoms with Crippen LogP contribution in [0.4, 0.5) is 8.78 Å². The fourth-order valence-electron chi connectivity index (χ4n) is 3.30. The van der Waals surface area contributed by atoms with E-state index >= 15 is 0 Å². The number of carbonyl (C=O) groups is 1. The summed E-state index contributed by atoms with van der Waals surface area (Å²) < 4.78 is 27.5. The number of carboxylic acids is 1. The summed E-state index contributed by atoms with van der Waals surface area (Å²) >= 11 is 0. The van der Waals surface area contributed by atoms with Gasteiger partial charge in [0.15, 0.2) is 0 Å². The van der Waals surface area contributed by atoms with E-state index in [-0.39, 0.29) is 18.9 Å². The van der Waals surface area contributed by atoms with E-state index in [2.05, 4.69) is 0 Å². The number of hydrogen-bond donors (Lipinski definition) is 1. The van der Waals surface area contributed by atoms with Gasteiger partial charge in [0.1, 0.15) is 6.04 Å². The molecule has 0 spiro atoms. The van der Waals surface area contributed by atoms with Crippen molar-refractivity contribution in [2.45, 2.75) is 44.6 Å². The number of rotatable bonds is 3. The topological polar surface area (TPSA) is 40.5 Å². The first-order valence-electron chi connectivity index (χ1n) is 6.30. The number of hydrogen-bond acceptors (Lipinski definition) is 2. The molecule has 5 heteroatoms. The lowest BCUT2D eigenvalue weighted by molar-refractivity contribution is -0.143. The third-order valence-electron chi connectivity index (χ3n) is 4.21. The van der Waals surface area contributed by atoms with E-state index in [1.807, 2.05) is 0 Å². The van der Waals surface area contributed by atoms with E-state index in [9.17, 15) is 13.6 Å². The standard InChI is InChI=1S/C12H19F2NO2/c1-2-10(11(16)17)15-6-8-4-3-5-12(13,14)9(8)7-15/h8-10H,2-7H2,1H3,(H,16,17)/t8-,9+,10-/m1/s1. The van der Waals surface area contributed by atoms with Gasteiger partial charge in [0.25, 0.3) is 5.92 Å². The molecule has 0 unspecified atom stereocenters. The highest BCUT2D eigenvalue weighted by atomic mass is 19.3. The largest absolute Gasteiger partial charge is 0.480 e. The van der Waals surface area contributed by atoms with Crippen LogP contribution in [0.2, 0.25) is 0 Å². The second-order valence-electron chi connectivity index (χ2n) is 5.24. The second-order valence-corrected chi connectivity index (χ2v) is 5.24. The van der Waals surface area contributed by atoms with Crippen LogP contribution in [0.1, 0.15) is 32.6 Å². The number of likely N-dealkylation sites (tertiary alicyclic amines) is 1. The Balaban J connectivity index is 2.09. The number of fused-ring (bicyclic) bond motifs is 1. The third kappa shape index (κ3) is 2.30. The monoisotopic (exact) mass is 247 g/mol. The Morgan fingerprint density at radius 2 is 2.24 bits per heavy atom. The highest BCUT2D eigenvalue weighted by Gasteiger charge is 2.52. The molecule has 2 fully saturated rings.